The molecule has 0 saturated heterocycles. The second-order valence-corrected chi connectivity index (χ2v) is 4.35. The van der Waals surface area contributed by atoms with E-state index in [1.54, 1.807) is 18.5 Å². The summed E-state index contributed by atoms with van der Waals surface area (Å²) in [5.74, 6) is 0. The maximum atomic E-state index is 10.7. The van der Waals surface area contributed by atoms with Gasteiger partial charge in [-0.3, -0.25) is 10.1 Å². The Bertz CT molecular complexity index is 766. The van der Waals surface area contributed by atoms with Gasteiger partial charge in [-0.25, -0.2) is 4.98 Å². The van der Waals surface area contributed by atoms with E-state index in [4.69, 9.17) is 0 Å². The average Bonchev–Trinajstić information content (AvgIpc) is 2.89. The van der Waals surface area contributed by atoms with Gasteiger partial charge < -0.3 is 9.88 Å². The number of nitro benzene ring substituents is 1. The lowest BCUT2D eigenvalue weighted by Gasteiger charge is -2.08. The predicted molar refractivity (Wildman–Crippen MR) is 76.5 cm³/mol. The molecule has 6 heteroatoms. The summed E-state index contributed by atoms with van der Waals surface area (Å²) >= 11 is 0. The zero-order valence-corrected chi connectivity index (χ0v) is 10.6. The van der Waals surface area contributed by atoms with Crippen molar-refractivity contribution in [2.24, 2.45) is 0 Å². The van der Waals surface area contributed by atoms with E-state index in [0.29, 0.717) is 12.4 Å². The Labute approximate surface area is 114 Å². The number of para-hydroxylation sites is 2. The number of aromatic nitrogens is 2. The van der Waals surface area contributed by atoms with Crippen LogP contribution in [-0.2, 0) is 6.67 Å². The largest absolute Gasteiger partial charge is 0.367 e. The van der Waals surface area contributed by atoms with Crippen LogP contribution in [0.25, 0.3) is 11.0 Å². The van der Waals surface area contributed by atoms with Crippen molar-refractivity contribution in [3.8, 4) is 0 Å². The highest BCUT2D eigenvalue weighted by Crippen LogP contribution is 2.18. The van der Waals surface area contributed by atoms with Crippen molar-refractivity contribution in [1.82, 2.24) is 9.55 Å². The molecule has 0 unspecified atom stereocenters. The van der Waals surface area contributed by atoms with Gasteiger partial charge >= 0.3 is 0 Å². The molecule has 0 aliphatic carbocycles. The van der Waals surface area contributed by atoms with Crippen LogP contribution in [0.15, 0.2) is 54.9 Å². The summed E-state index contributed by atoms with van der Waals surface area (Å²) < 4.78 is 1.95. The van der Waals surface area contributed by atoms with Crippen LogP contribution in [0.2, 0.25) is 0 Å². The molecule has 0 saturated carbocycles. The molecule has 0 fully saturated rings. The van der Waals surface area contributed by atoms with Gasteiger partial charge in [0, 0.05) is 17.8 Å². The van der Waals surface area contributed by atoms with E-state index in [9.17, 15) is 10.1 Å². The summed E-state index contributed by atoms with van der Waals surface area (Å²) in [5.41, 5.74) is 2.72. The number of anilines is 1. The third-order valence-electron chi connectivity index (χ3n) is 3.04. The molecular weight excluding hydrogens is 256 g/mol. The first-order valence-corrected chi connectivity index (χ1v) is 6.12. The summed E-state index contributed by atoms with van der Waals surface area (Å²) in [6, 6.07) is 14.3. The van der Waals surface area contributed by atoms with Gasteiger partial charge in [-0.1, -0.05) is 18.2 Å². The van der Waals surface area contributed by atoms with Crippen LogP contribution in [0.5, 0.6) is 0 Å². The smallest absolute Gasteiger partial charge is 0.271 e. The summed E-state index contributed by atoms with van der Waals surface area (Å²) in [6.45, 7) is 0.502. The Morgan fingerprint density at radius 2 is 2.05 bits per heavy atom. The van der Waals surface area contributed by atoms with Crippen molar-refractivity contribution >= 4 is 22.4 Å². The molecule has 0 bridgehead atoms. The van der Waals surface area contributed by atoms with Crippen molar-refractivity contribution in [1.29, 1.82) is 0 Å². The van der Waals surface area contributed by atoms with E-state index in [1.165, 1.54) is 12.1 Å². The highest BCUT2D eigenvalue weighted by Gasteiger charge is 2.06. The second kappa shape index (κ2) is 5.00. The molecule has 100 valence electrons. The number of nitrogens with one attached hydrogen (secondary N) is 1. The van der Waals surface area contributed by atoms with Crippen LogP contribution < -0.4 is 5.32 Å². The predicted octanol–water partition coefficient (Wildman–Crippen LogP) is 3.01. The van der Waals surface area contributed by atoms with Gasteiger partial charge in [0.05, 0.1) is 29.0 Å². The Morgan fingerprint density at radius 1 is 1.20 bits per heavy atom. The van der Waals surface area contributed by atoms with E-state index >= 15 is 0 Å². The van der Waals surface area contributed by atoms with Gasteiger partial charge in [0.1, 0.15) is 0 Å². The van der Waals surface area contributed by atoms with Gasteiger partial charge in [-0.05, 0) is 18.2 Å². The molecule has 0 atom stereocenters. The second-order valence-electron chi connectivity index (χ2n) is 4.35. The van der Waals surface area contributed by atoms with Crippen LogP contribution in [0.1, 0.15) is 0 Å². The van der Waals surface area contributed by atoms with Crippen molar-refractivity contribution in [2.45, 2.75) is 6.67 Å². The van der Waals surface area contributed by atoms with Gasteiger partial charge in [-0.15, -0.1) is 0 Å². The maximum Gasteiger partial charge on any atom is 0.271 e. The molecule has 1 N–H and O–H groups in total. The zero-order valence-electron chi connectivity index (χ0n) is 10.6. The van der Waals surface area contributed by atoms with Crippen LogP contribution in [0.3, 0.4) is 0 Å². The van der Waals surface area contributed by atoms with Crippen molar-refractivity contribution in [2.75, 3.05) is 5.32 Å². The van der Waals surface area contributed by atoms with Gasteiger partial charge in [0.2, 0.25) is 0 Å². The Hall–Kier alpha value is -2.89. The molecule has 20 heavy (non-hydrogen) atoms. The van der Waals surface area contributed by atoms with E-state index in [-0.39, 0.29) is 5.69 Å². The number of benzene rings is 2. The fourth-order valence-electron chi connectivity index (χ4n) is 2.04. The minimum Gasteiger partial charge on any atom is -0.367 e. The first-order chi connectivity index (χ1) is 9.74. The SMILES string of the molecule is O=[N+]([O-])c1cccc(NCn2cnc3ccccc32)c1. The van der Waals surface area contributed by atoms with Crippen LogP contribution in [0, 0.1) is 10.1 Å². The molecule has 0 aliphatic rings. The first-order valence-electron chi connectivity index (χ1n) is 6.12. The lowest BCUT2D eigenvalue weighted by Crippen LogP contribution is -2.06. The number of nitrogens with zero attached hydrogens (tertiary/aromatic N) is 3. The third kappa shape index (κ3) is 2.31. The van der Waals surface area contributed by atoms with E-state index in [0.717, 1.165) is 11.0 Å². The molecule has 3 rings (SSSR count). The number of rotatable bonds is 4. The lowest BCUT2D eigenvalue weighted by molar-refractivity contribution is -0.384. The number of fused-ring (bicyclic) bond motifs is 1. The Kier molecular flexibility index (Phi) is 3.04. The molecule has 0 spiro atoms. The zero-order chi connectivity index (χ0) is 13.9. The number of hydrogen-bond acceptors (Lipinski definition) is 4. The van der Waals surface area contributed by atoms with Crippen LogP contribution in [0.4, 0.5) is 11.4 Å². The first kappa shape index (κ1) is 12.2. The summed E-state index contributed by atoms with van der Waals surface area (Å²) in [6.07, 6.45) is 1.75. The van der Waals surface area contributed by atoms with Crippen molar-refractivity contribution in [3.63, 3.8) is 0 Å². The quantitative estimate of drug-likeness (QED) is 0.583. The number of nitro groups is 1. The molecule has 0 amide bonds. The van der Waals surface area contributed by atoms with E-state index < -0.39 is 4.92 Å². The third-order valence-corrected chi connectivity index (χ3v) is 3.04. The number of non-ortho nitro benzene ring substituents is 1. The van der Waals surface area contributed by atoms with E-state index in [1.807, 2.05) is 28.8 Å². The maximum absolute atomic E-state index is 10.7. The molecule has 1 aromatic heterocycles. The average molecular weight is 268 g/mol. The Balaban J connectivity index is 1.79. The van der Waals surface area contributed by atoms with Gasteiger partial charge in [0.25, 0.3) is 5.69 Å². The Morgan fingerprint density at radius 3 is 2.90 bits per heavy atom. The standard InChI is InChI=1S/C14H12N4O2/c19-18(20)12-5-3-4-11(8-12)15-9-17-10-16-13-6-1-2-7-14(13)17/h1-8,10,15H,9H2. The van der Waals surface area contributed by atoms with Gasteiger partial charge in [0.15, 0.2) is 0 Å². The molecular formula is C14H12N4O2. The fourth-order valence-corrected chi connectivity index (χ4v) is 2.04. The monoisotopic (exact) mass is 268 g/mol. The topological polar surface area (TPSA) is 73.0 Å². The fraction of sp³-hybridized carbons (Fsp3) is 0.0714. The molecule has 0 radical (unpaired) electrons. The highest BCUT2D eigenvalue weighted by atomic mass is 16.6. The summed E-state index contributed by atoms with van der Waals surface area (Å²) in [7, 11) is 0. The minimum absolute atomic E-state index is 0.0745. The minimum atomic E-state index is -0.405. The van der Waals surface area contributed by atoms with Gasteiger partial charge in [-0.2, -0.15) is 0 Å². The summed E-state index contributed by atoms with van der Waals surface area (Å²) in [5, 5.41) is 13.9. The van der Waals surface area contributed by atoms with Crippen LogP contribution in [-0.4, -0.2) is 14.5 Å². The normalized spacial score (nSPS) is 10.6. The lowest BCUT2D eigenvalue weighted by atomic mass is 10.3. The van der Waals surface area contributed by atoms with Crippen LogP contribution >= 0.6 is 0 Å². The number of hydrogen-bond donors (Lipinski definition) is 1. The molecule has 2 aromatic carbocycles. The summed E-state index contributed by atoms with van der Waals surface area (Å²) in [4.78, 5) is 14.6. The van der Waals surface area contributed by atoms with Crippen molar-refractivity contribution in [3.05, 3.63) is 65.0 Å². The highest BCUT2D eigenvalue weighted by molar-refractivity contribution is 5.75. The molecule has 0 aliphatic heterocycles. The molecule has 1 heterocycles. The van der Waals surface area contributed by atoms with E-state index in [2.05, 4.69) is 10.3 Å². The van der Waals surface area contributed by atoms with Crippen molar-refractivity contribution < 1.29 is 4.92 Å². The molecule has 6 nitrogen and oxygen atoms in total. The molecule has 3 aromatic rings. The number of imidazole rings is 1.